The second-order valence-electron chi connectivity index (χ2n) is 4.42. The number of hydrogen-bond acceptors (Lipinski definition) is 4. The number of benzene rings is 1. The van der Waals surface area contributed by atoms with Crippen molar-refractivity contribution < 1.29 is 13.9 Å². The van der Waals surface area contributed by atoms with E-state index in [1.165, 1.54) is 7.11 Å². The number of carbonyl (C=O) groups excluding carboxylic acids is 1. The van der Waals surface area contributed by atoms with Crippen LogP contribution >= 0.6 is 0 Å². The number of nitrogens with zero attached hydrogens (tertiary/aromatic N) is 1. The second kappa shape index (κ2) is 5.89. The zero-order valence-electron chi connectivity index (χ0n) is 11.6. The summed E-state index contributed by atoms with van der Waals surface area (Å²) in [6.07, 6.45) is 0. The second-order valence-corrected chi connectivity index (χ2v) is 4.42. The van der Waals surface area contributed by atoms with Crippen LogP contribution in [0.5, 0.6) is 0 Å². The maximum atomic E-state index is 11.5. The predicted octanol–water partition coefficient (Wildman–Crippen LogP) is 3.06. The Hall–Kier alpha value is -1.81. The van der Waals surface area contributed by atoms with Crippen LogP contribution in [0.15, 0.2) is 28.7 Å². The first-order chi connectivity index (χ1) is 9.17. The lowest BCUT2D eigenvalue weighted by atomic mass is 10.1. The topological polar surface area (TPSA) is 42.7 Å². The molecule has 2 aromatic rings. The van der Waals surface area contributed by atoms with Crippen LogP contribution in [0.4, 0.5) is 0 Å². The number of carbonyl (C=O) groups is 1. The average Bonchev–Trinajstić information content (AvgIpc) is 2.85. The summed E-state index contributed by atoms with van der Waals surface area (Å²) in [5.74, 6) is 0.592. The highest BCUT2D eigenvalue weighted by atomic mass is 16.5. The van der Waals surface area contributed by atoms with Crippen LogP contribution in [0.1, 0.15) is 30.0 Å². The van der Waals surface area contributed by atoms with E-state index in [1.54, 1.807) is 12.1 Å². The Bertz CT molecular complexity index is 570. The van der Waals surface area contributed by atoms with Crippen LogP contribution in [0.25, 0.3) is 11.0 Å². The molecule has 0 aliphatic rings. The van der Waals surface area contributed by atoms with Gasteiger partial charge in [0, 0.05) is 5.39 Å². The summed E-state index contributed by atoms with van der Waals surface area (Å²) >= 11 is 0. The largest absolute Gasteiger partial charge is 0.465 e. The first kappa shape index (κ1) is 13.6. The normalized spacial score (nSPS) is 11.2. The van der Waals surface area contributed by atoms with Gasteiger partial charge in [-0.25, -0.2) is 4.79 Å². The highest BCUT2D eigenvalue weighted by molar-refractivity contribution is 5.94. The molecule has 0 spiro atoms. The Labute approximate surface area is 112 Å². The van der Waals surface area contributed by atoms with E-state index < -0.39 is 0 Å². The minimum Gasteiger partial charge on any atom is -0.465 e. The van der Waals surface area contributed by atoms with Gasteiger partial charge in [-0.3, -0.25) is 4.90 Å². The van der Waals surface area contributed by atoms with Gasteiger partial charge in [0.1, 0.15) is 11.3 Å². The summed E-state index contributed by atoms with van der Waals surface area (Å²) in [7, 11) is 1.38. The van der Waals surface area contributed by atoms with E-state index in [2.05, 4.69) is 18.7 Å². The third-order valence-corrected chi connectivity index (χ3v) is 3.26. The Morgan fingerprint density at radius 3 is 2.63 bits per heavy atom. The lowest BCUT2D eigenvalue weighted by Gasteiger charge is -2.15. The number of esters is 1. The summed E-state index contributed by atoms with van der Waals surface area (Å²) in [5, 5.41) is 0.935. The number of methoxy groups -OCH3 is 1. The van der Waals surface area contributed by atoms with E-state index in [9.17, 15) is 4.79 Å². The molecule has 0 amide bonds. The lowest BCUT2D eigenvalue weighted by Crippen LogP contribution is -2.21. The van der Waals surface area contributed by atoms with Crippen LogP contribution in [0, 0.1) is 0 Å². The van der Waals surface area contributed by atoms with E-state index >= 15 is 0 Å². The molecule has 1 aromatic heterocycles. The van der Waals surface area contributed by atoms with Crippen molar-refractivity contribution in [2.45, 2.75) is 20.4 Å². The molecule has 0 unspecified atom stereocenters. The van der Waals surface area contributed by atoms with E-state index in [4.69, 9.17) is 9.15 Å². The Balaban J connectivity index is 2.27. The zero-order valence-corrected chi connectivity index (χ0v) is 11.6. The van der Waals surface area contributed by atoms with Gasteiger partial charge in [0.25, 0.3) is 0 Å². The van der Waals surface area contributed by atoms with Gasteiger partial charge in [0.2, 0.25) is 0 Å². The summed E-state index contributed by atoms with van der Waals surface area (Å²) < 4.78 is 10.5. The number of ether oxygens (including phenoxy) is 1. The molecule has 0 saturated carbocycles. The van der Waals surface area contributed by atoms with Gasteiger partial charge in [-0.2, -0.15) is 0 Å². The van der Waals surface area contributed by atoms with Crippen molar-refractivity contribution in [2.24, 2.45) is 0 Å². The fourth-order valence-electron chi connectivity index (χ4n) is 2.09. The van der Waals surface area contributed by atoms with Crippen molar-refractivity contribution in [3.05, 3.63) is 35.6 Å². The molecule has 1 heterocycles. The molecule has 0 radical (unpaired) electrons. The Morgan fingerprint density at radius 1 is 1.26 bits per heavy atom. The van der Waals surface area contributed by atoms with Crippen LogP contribution in [-0.2, 0) is 11.3 Å². The maximum Gasteiger partial charge on any atom is 0.337 e. The molecule has 1 aromatic carbocycles. The lowest BCUT2D eigenvalue weighted by molar-refractivity contribution is 0.0601. The number of rotatable bonds is 5. The molecule has 102 valence electrons. The smallest absolute Gasteiger partial charge is 0.337 e. The van der Waals surface area contributed by atoms with Crippen molar-refractivity contribution in [3.63, 3.8) is 0 Å². The van der Waals surface area contributed by atoms with Crippen LogP contribution in [-0.4, -0.2) is 31.1 Å². The quantitative estimate of drug-likeness (QED) is 0.776. The molecule has 0 saturated heterocycles. The van der Waals surface area contributed by atoms with E-state index in [1.807, 2.05) is 12.1 Å². The highest BCUT2D eigenvalue weighted by Gasteiger charge is 2.10. The minimum atomic E-state index is -0.326. The monoisotopic (exact) mass is 261 g/mol. The molecule has 0 aliphatic carbocycles. The van der Waals surface area contributed by atoms with Gasteiger partial charge >= 0.3 is 5.97 Å². The van der Waals surface area contributed by atoms with Gasteiger partial charge in [-0.05, 0) is 37.4 Å². The summed E-state index contributed by atoms with van der Waals surface area (Å²) in [5.41, 5.74) is 1.35. The van der Waals surface area contributed by atoms with Crippen LogP contribution < -0.4 is 0 Å². The van der Waals surface area contributed by atoms with Gasteiger partial charge in [0.05, 0.1) is 19.2 Å². The minimum absolute atomic E-state index is 0.326. The fraction of sp³-hybridized carbons (Fsp3) is 0.400. The molecule has 0 N–H and O–H groups in total. The van der Waals surface area contributed by atoms with E-state index in [-0.39, 0.29) is 5.97 Å². The molecule has 2 rings (SSSR count). The van der Waals surface area contributed by atoms with Crippen molar-refractivity contribution >= 4 is 16.9 Å². The first-order valence-electron chi connectivity index (χ1n) is 6.51. The third-order valence-electron chi connectivity index (χ3n) is 3.26. The molecule has 19 heavy (non-hydrogen) atoms. The maximum absolute atomic E-state index is 11.5. The van der Waals surface area contributed by atoms with E-state index in [0.717, 1.165) is 36.4 Å². The summed E-state index contributed by atoms with van der Waals surface area (Å²) in [6.45, 7) is 7.01. The third kappa shape index (κ3) is 2.96. The summed E-state index contributed by atoms with van der Waals surface area (Å²) in [4.78, 5) is 13.7. The molecule has 0 aliphatic heterocycles. The summed E-state index contributed by atoms with van der Waals surface area (Å²) in [6, 6.07) is 7.32. The molecular weight excluding hydrogens is 242 g/mol. The average molecular weight is 261 g/mol. The standard InChI is InChI=1S/C15H19NO3/c1-4-16(5-2)10-13-9-12-8-11(15(17)18-3)6-7-14(12)19-13/h6-9H,4-5,10H2,1-3H3. The van der Waals surface area contributed by atoms with Crippen molar-refractivity contribution in [2.75, 3.05) is 20.2 Å². The number of furan rings is 1. The zero-order chi connectivity index (χ0) is 13.8. The highest BCUT2D eigenvalue weighted by Crippen LogP contribution is 2.22. The van der Waals surface area contributed by atoms with Gasteiger partial charge in [0.15, 0.2) is 0 Å². The van der Waals surface area contributed by atoms with E-state index in [0.29, 0.717) is 5.56 Å². The van der Waals surface area contributed by atoms with Crippen molar-refractivity contribution in [1.29, 1.82) is 0 Å². The van der Waals surface area contributed by atoms with Crippen LogP contribution in [0.2, 0.25) is 0 Å². The first-order valence-corrected chi connectivity index (χ1v) is 6.51. The Kier molecular flexibility index (Phi) is 4.22. The molecule has 0 atom stereocenters. The van der Waals surface area contributed by atoms with Gasteiger partial charge in [-0.15, -0.1) is 0 Å². The predicted molar refractivity (Wildman–Crippen MR) is 74.2 cm³/mol. The van der Waals surface area contributed by atoms with Crippen molar-refractivity contribution in [3.8, 4) is 0 Å². The number of fused-ring (bicyclic) bond motifs is 1. The molecule has 0 bridgehead atoms. The van der Waals surface area contributed by atoms with Gasteiger partial charge < -0.3 is 9.15 Å². The fourth-order valence-corrected chi connectivity index (χ4v) is 2.09. The van der Waals surface area contributed by atoms with Crippen molar-refractivity contribution in [1.82, 2.24) is 4.90 Å². The molecule has 4 nitrogen and oxygen atoms in total. The molecule has 0 fully saturated rings. The SMILES string of the molecule is CCN(CC)Cc1cc2cc(C(=O)OC)ccc2o1. The number of hydrogen-bond donors (Lipinski definition) is 0. The molecular formula is C15H19NO3. The Morgan fingerprint density at radius 2 is 2.00 bits per heavy atom. The van der Waals surface area contributed by atoms with Crippen LogP contribution in [0.3, 0.4) is 0 Å². The molecule has 4 heteroatoms. The van der Waals surface area contributed by atoms with Gasteiger partial charge in [-0.1, -0.05) is 13.8 Å².